The fraction of sp³-hybridized carbons (Fsp3) is 0.462. The number of aromatic nitrogens is 2. The Morgan fingerprint density at radius 1 is 1.47 bits per heavy atom. The smallest absolute Gasteiger partial charge is 0.348 e. The van der Waals surface area contributed by atoms with E-state index in [1.807, 2.05) is 6.92 Å². The third kappa shape index (κ3) is 2.68. The van der Waals surface area contributed by atoms with E-state index in [1.54, 1.807) is 0 Å². The van der Waals surface area contributed by atoms with Crippen molar-refractivity contribution in [3.05, 3.63) is 16.8 Å². The van der Waals surface area contributed by atoms with Crippen LogP contribution in [0, 0.1) is 6.92 Å². The summed E-state index contributed by atoms with van der Waals surface area (Å²) >= 11 is 1.34. The largest absolute Gasteiger partial charge is 0.465 e. The van der Waals surface area contributed by atoms with E-state index in [0.717, 1.165) is 41.0 Å². The maximum Gasteiger partial charge on any atom is 0.348 e. The van der Waals surface area contributed by atoms with Crippen molar-refractivity contribution in [2.24, 2.45) is 0 Å². The number of unbranched alkanes of at least 4 members (excludes halogenated alkanes) is 1. The predicted octanol–water partition coefficient (Wildman–Crippen LogP) is 3.00. The summed E-state index contributed by atoms with van der Waals surface area (Å²) in [6, 6.07) is 0. The number of aryl methyl sites for hydroxylation is 1. The number of ether oxygens (including phenoxy) is 1. The molecule has 1 N–H and O–H groups in total. The highest BCUT2D eigenvalue weighted by Gasteiger charge is 2.19. The van der Waals surface area contributed by atoms with Crippen LogP contribution < -0.4 is 5.32 Å². The van der Waals surface area contributed by atoms with Gasteiger partial charge in [0.15, 0.2) is 0 Å². The van der Waals surface area contributed by atoms with E-state index < -0.39 is 0 Å². The highest BCUT2D eigenvalue weighted by molar-refractivity contribution is 7.20. The van der Waals surface area contributed by atoms with Crippen LogP contribution in [-0.4, -0.2) is 29.6 Å². The first-order valence-electron chi connectivity index (χ1n) is 6.25. The van der Waals surface area contributed by atoms with E-state index in [-0.39, 0.29) is 5.97 Å². The highest BCUT2D eigenvalue weighted by atomic mass is 32.1. The lowest BCUT2D eigenvalue weighted by Gasteiger charge is -2.06. The number of nitrogens with one attached hydrogen (secondary N) is 1. The summed E-state index contributed by atoms with van der Waals surface area (Å²) in [4.78, 5) is 21.6. The first-order chi connectivity index (χ1) is 9.19. The molecule has 2 aromatic rings. The summed E-state index contributed by atoms with van der Waals surface area (Å²) in [6.45, 7) is 4.91. The summed E-state index contributed by atoms with van der Waals surface area (Å²) in [7, 11) is 1.39. The minimum absolute atomic E-state index is 0.319. The lowest BCUT2D eigenvalue weighted by atomic mass is 10.2. The Bertz CT molecular complexity index is 595. The zero-order valence-electron chi connectivity index (χ0n) is 11.3. The fourth-order valence-electron chi connectivity index (χ4n) is 1.88. The van der Waals surface area contributed by atoms with E-state index in [4.69, 9.17) is 4.74 Å². The van der Waals surface area contributed by atoms with Gasteiger partial charge in [0.1, 0.15) is 21.9 Å². The van der Waals surface area contributed by atoms with E-state index in [9.17, 15) is 4.79 Å². The second-order valence-corrected chi connectivity index (χ2v) is 5.23. The number of hydrogen-bond acceptors (Lipinski definition) is 6. The van der Waals surface area contributed by atoms with Crippen LogP contribution in [-0.2, 0) is 4.74 Å². The van der Waals surface area contributed by atoms with Crippen LogP contribution in [0.15, 0.2) is 6.33 Å². The molecule has 2 heterocycles. The Morgan fingerprint density at radius 3 is 2.95 bits per heavy atom. The Labute approximate surface area is 116 Å². The molecule has 0 amide bonds. The van der Waals surface area contributed by atoms with Gasteiger partial charge in [-0.15, -0.1) is 11.3 Å². The van der Waals surface area contributed by atoms with Crippen molar-refractivity contribution >= 4 is 33.3 Å². The molecule has 0 fully saturated rings. The minimum Gasteiger partial charge on any atom is -0.465 e. The molecule has 0 atom stereocenters. The summed E-state index contributed by atoms with van der Waals surface area (Å²) in [5.41, 5.74) is 0.881. The van der Waals surface area contributed by atoms with Gasteiger partial charge in [0.05, 0.1) is 12.5 Å². The number of rotatable bonds is 5. The Morgan fingerprint density at radius 2 is 2.26 bits per heavy atom. The van der Waals surface area contributed by atoms with E-state index >= 15 is 0 Å². The molecular weight excluding hydrogens is 262 g/mol. The first kappa shape index (κ1) is 13.7. The Hall–Kier alpha value is -1.69. The van der Waals surface area contributed by atoms with E-state index in [2.05, 4.69) is 22.2 Å². The number of hydrogen-bond donors (Lipinski definition) is 1. The number of methoxy groups -OCH3 is 1. The summed E-state index contributed by atoms with van der Waals surface area (Å²) in [5, 5.41) is 4.22. The molecule has 0 aliphatic carbocycles. The molecule has 0 spiro atoms. The van der Waals surface area contributed by atoms with Crippen molar-refractivity contribution in [2.45, 2.75) is 26.7 Å². The van der Waals surface area contributed by atoms with Gasteiger partial charge in [-0.05, 0) is 18.9 Å². The zero-order valence-corrected chi connectivity index (χ0v) is 12.1. The summed E-state index contributed by atoms with van der Waals surface area (Å²) < 4.78 is 4.79. The second kappa shape index (κ2) is 5.97. The number of carbonyl (C=O) groups is 1. The fourth-order valence-corrected chi connectivity index (χ4v) is 2.94. The molecule has 0 aliphatic rings. The second-order valence-electron chi connectivity index (χ2n) is 4.23. The van der Waals surface area contributed by atoms with Crippen molar-refractivity contribution in [1.29, 1.82) is 0 Å². The maximum absolute atomic E-state index is 11.7. The standard InChI is InChI=1S/C13H17N3O2S/c1-4-5-6-14-11-9-8(2)10(13(17)18-3)19-12(9)16-7-15-11/h7H,4-6H2,1-3H3,(H,14,15,16). The molecule has 0 aliphatic heterocycles. The number of fused-ring (bicyclic) bond motifs is 1. The van der Waals surface area contributed by atoms with E-state index in [0.29, 0.717) is 4.88 Å². The first-order valence-corrected chi connectivity index (χ1v) is 7.07. The maximum atomic E-state index is 11.7. The van der Waals surface area contributed by atoms with E-state index in [1.165, 1.54) is 24.8 Å². The van der Waals surface area contributed by atoms with Crippen LogP contribution in [0.1, 0.15) is 35.0 Å². The van der Waals surface area contributed by atoms with Crippen LogP contribution in [0.3, 0.4) is 0 Å². The highest BCUT2D eigenvalue weighted by Crippen LogP contribution is 2.33. The summed E-state index contributed by atoms with van der Waals surface area (Å²) in [6.07, 6.45) is 3.73. The molecule has 0 saturated heterocycles. The van der Waals surface area contributed by atoms with Crippen LogP contribution in [0.25, 0.3) is 10.2 Å². The molecule has 6 heteroatoms. The number of carbonyl (C=O) groups excluding carboxylic acids is 1. The lowest BCUT2D eigenvalue weighted by molar-refractivity contribution is 0.0605. The number of thiophene rings is 1. The van der Waals surface area contributed by atoms with Crippen molar-refractivity contribution in [2.75, 3.05) is 19.0 Å². The van der Waals surface area contributed by atoms with Gasteiger partial charge in [-0.1, -0.05) is 13.3 Å². The topological polar surface area (TPSA) is 64.1 Å². The van der Waals surface area contributed by atoms with Gasteiger partial charge in [0.2, 0.25) is 0 Å². The number of nitrogens with zero attached hydrogens (tertiary/aromatic N) is 2. The molecule has 2 rings (SSSR count). The Balaban J connectivity index is 2.43. The van der Waals surface area contributed by atoms with Crippen LogP contribution in [0.2, 0.25) is 0 Å². The van der Waals surface area contributed by atoms with Crippen molar-refractivity contribution in [3.63, 3.8) is 0 Å². The normalized spacial score (nSPS) is 10.7. The van der Waals surface area contributed by atoms with Crippen LogP contribution in [0.5, 0.6) is 0 Å². The molecule has 2 aromatic heterocycles. The quantitative estimate of drug-likeness (QED) is 0.673. The third-order valence-electron chi connectivity index (χ3n) is 2.92. The van der Waals surface area contributed by atoms with Crippen molar-refractivity contribution in [1.82, 2.24) is 9.97 Å². The molecule has 0 radical (unpaired) electrons. The van der Waals surface area contributed by atoms with Gasteiger partial charge >= 0.3 is 5.97 Å². The molecule has 0 unspecified atom stereocenters. The lowest BCUT2D eigenvalue weighted by Crippen LogP contribution is -2.04. The van der Waals surface area contributed by atoms with Crippen molar-refractivity contribution < 1.29 is 9.53 Å². The third-order valence-corrected chi connectivity index (χ3v) is 4.10. The van der Waals surface area contributed by atoms with Gasteiger partial charge in [0, 0.05) is 6.54 Å². The van der Waals surface area contributed by atoms with Crippen LogP contribution >= 0.6 is 11.3 Å². The van der Waals surface area contributed by atoms with Gasteiger partial charge < -0.3 is 10.1 Å². The minimum atomic E-state index is -0.319. The number of esters is 1. The molecule has 5 nitrogen and oxygen atoms in total. The monoisotopic (exact) mass is 279 g/mol. The van der Waals surface area contributed by atoms with Gasteiger partial charge in [-0.25, -0.2) is 14.8 Å². The molecule has 19 heavy (non-hydrogen) atoms. The molecular formula is C13H17N3O2S. The van der Waals surface area contributed by atoms with Gasteiger partial charge in [-0.2, -0.15) is 0 Å². The molecule has 0 saturated carbocycles. The molecule has 102 valence electrons. The zero-order chi connectivity index (χ0) is 13.8. The SMILES string of the molecule is CCCCNc1ncnc2sc(C(=O)OC)c(C)c12. The molecule has 0 aromatic carbocycles. The van der Waals surface area contributed by atoms with Crippen molar-refractivity contribution in [3.8, 4) is 0 Å². The average Bonchev–Trinajstić information content (AvgIpc) is 2.76. The number of anilines is 1. The molecule has 0 bridgehead atoms. The van der Waals surface area contributed by atoms with Gasteiger partial charge in [-0.3, -0.25) is 0 Å². The van der Waals surface area contributed by atoms with Crippen LogP contribution in [0.4, 0.5) is 5.82 Å². The Kier molecular flexibility index (Phi) is 4.31. The predicted molar refractivity (Wildman–Crippen MR) is 76.9 cm³/mol. The average molecular weight is 279 g/mol. The van der Waals surface area contributed by atoms with Gasteiger partial charge in [0.25, 0.3) is 0 Å². The summed E-state index contributed by atoms with van der Waals surface area (Å²) in [5.74, 6) is 0.474.